The van der Waals surface area contributed by atoms with Crippen LogP contribution in [0.4, 0.5) is 0 Å². The van der Waals surface area contributed by atoms with Crippen LogP contribution in [0.5, 0.6) is 5.75 Å². The summed E-state index contributed by atoms with van der Waals surface area (Å²) in [6.07, 6.45) is 6.13. The van der Waals surface area contributed by atoms with E-state index in [1.54, 1.807) is 0 Å². The molecule has 1 aromatic rings. The van der Waals surface area contributed by atoms with Crippen molar-refractivity contribution in [1.82, 2.24) is 0 Å². The second-order valence-corrected chi connectivity index (χ2v) is 5.69. The van der Waals surface area contributed by atoms with Gasteiger partial charge in [0.1, 0.15) is 11.9 Å². The summed E-state index contributed by atoms with van der Waals surface area (Å²) in [5, 5.41) is 0. The zero-order chi connectivity index (χ0) is 14.9. The number of hydrogen-bond donors (Lipinski definition) is 0. The van der Waals surface area contributed by atoms with Gasteiger partial charge in [0, 0.05) is 0 Å². The molecular formula is C18H28O3. The third kappa shape index (κ3) is 5.33. The van der Waals surface area contributed by atoms with Gasteiger partial charge in [0.2, 0.25) is 0 Å². The Kier molecular flexibility index (Phi) is 7.04. The van der Waals surface area contributed by atoms with Gasteiger partial charge in [0.05, 0.1) is 25.9 Å². The third-order valence-corrected chi connectivity index (χ3v) is 3.85. The second-order valence-electron chi connectivity index (χ2n) is 5.69. The quantitative estimate of drug-likeness (QED) is 0.660. The summed E-state index contributed by atoms with van der Waals surface area (Å²) in [4.78, 5) is 0. The summed E-state index contributed by atoms with van der Waals surface area (Å²) in [6.45, 7) is 6.53. The highest BCUT2D eigenvalue weighted by Gasteiger charge is 2.22. The normalized spacial score (nSPS) is 22.2. The Labute approximate surface area is 128 Å². The van der Waals surface area contributed by atoms with E-state index in [0.29, 0.717) is 13.2 Å². The summed E-state index contributed by atoms with van der Waals surface area (Å²) in [5.74, 6) is 0.940. The summed E-state index contributed by atoms with van der Waals surface area (Å²) in [5.41, 5.74) is 1.17. The van der Waals surface area contributed by atoms with Crippen molar-refractivity contribution in [2.75, 3.05) is 19.8 Å². The highest BCUT2D eigenvalue weighted by molar-refractivity contribution is 5.28. The molecule has 0 radical (unpaired) electrons. The van der Waals surface area contributed by atoms with Crippen molar-refractivity contribution in [1.29, 1.82) is 0 Å². The van der Waals surface area contributed by atoms with E-state index in [1.807, 2.05) is 12.1 Å². The fraction of sp³-hybridized carbons (Fsp3) is 0.667. The molecular weight excluding hydrogens is 264 g/mol. The molecule has 0 aliphatic carbocycles. The van der Waals surface area contributed by atoms with Gasteiger partial charge in [-0.05, 0) is 30.5 Å². The van der Waals surface area contributed by atoms with Crippen molar-refractivity contribution in [3.63, 3.8) is 0 Å². The molecule has 0 amide bonds. The standard InChI is InChI=1S/C18H28O3/c1-3-5-6-12-19-16-10-8-15(9-11-16)18-14-20-17(7-4-2)13-21-18/h8-11,17-18H,3-7,12-14H2,1-2H3. The lowest BCUT2D eigenvalue weighted by Gasteiger charge is -2.29. The Morgan fingerprint density at radius 3 is 2.43 bits per heavy atom. The molecule has 0 spiro atoms. The molecule has 21 heavy (non-hydrogen) atoms. The first-order valence-electron chi connectivity index (χ1n) is 8.29. The molecule has 1 aromatic carbocycles. The average molecular weight is 292 g/mol. The molecule has 1 fully saturated rings. The highest BCUT2D eigenvalue weighted by atomic mass is 16.6. The van der Waals surface area contributed by atoms with E-state index in [4.69, 9.17) is 14.2 Å². The van der Waals surface area contributed by atoms with Crippen LogP contribution in [0.2, 0.25) is 0 Å². The smallest absolute Gasteiger partial charge is 0.119 e. The zero-order valence-electron chi connectivity index (χ0n) is 13.3. The maximum atomic E-state index is 5.92. The largest absolute Gasteiger partial charge is 0.494 e. The number of hydrogen-bond acceptors (Lipinski definition) is 3. The van der Waals surface area contributed by atoms with Gasteiger partial charge in [-0.2, -0.15) is 0 Å². The van der Waals surface area contributed by atoms with Crippen LogP contribution in [0.1, 0.15) is 57.6 Å². The van der Waals surface area contributed by atoms with Gasteiger partial charge in [-0.1, -0.05) is 45.2 Å². The van der Waals surface area contributed by atoms with E-state index in [0.717, 1.165) is 31.6 Å². The fourth-order valence-corrected chi connectivity index (χ4v) is 2.55. The van der Waals surface area contributed by atoms with Gasteiger partial charge in [0.25, 0.3) is 0 Å². The lowest BCUT2D eigenvalue weighted by Crippen LogP contribution is -2.30. The lowest BCUT2D eigenvalue weighted by atomic mass is 10.1. The summed E-state index contributed by atoms with van der Waals surface area (Å²) >= 11 is 0. The van der Waals surface area contributed by atoms with Crippen LogP contribution >= 0.6 is 0 Å². The molecule has 2 unspecified atom stereocenters. The third-order valence-electron chi connectivity index (χ3n) is 3.85. The lowest BCUT2D eigenvalue weighted by molar-refractivity contribution is -0.137. The van der Waals surface area contributed by atoms with Crippen LogP contribution in [0.3, 0.4) is 0 Å². The van der Waals surface area contributed by atoms with E-state index in [-0.39, 0.29) is 12.2 Å². The molecule has 3 nitrogen and oxygen atoms in total. The number of ether oxygens (including phenoxy) is 3. The molecule has 1 aliphatic heterocycles. The van der Waals surface area contributed by atoms with E-state index in [2.05, 4.69) is 26.0 Å². The van der Waals surface area contributed by atoms with Crippen LogP contribution < -0.4 is 4.74 Å². The van der Waals surface area contributed by atoms with Gasteiger partial charge in [-0.3, -0.25) is 0 Å². The number of unbranched alkanes of at least 4 members (excludes halogenated alkanes) is 2. The van der Waals surface area contributed by atoms with E-state index < -0.39 is 0 Å². The molecule has 3 heteroatoms. The van der Waals surface area contributed by atoms with Crippen molar-refractivity contribution in [2.45, 2.75) is 58.2 Å². The zero-order valence-corrected chi connectivity index (χ0v) is 13.3. The highest BCUT2D eigenvalue weighted by Crippen LogP contribution is 2.26. The van der Waals surface area contributed by atoms with E-state index in [9.17, 15) is 0 Å². The minimum Gasteiger partial charge on any atom is -0.494 e. The first kappa shape index (κ1) is 16.3. The number of rotatable bonds is 8. The molecule has 1 heterocycles. The Bertz CT molecular complexity index is 380. The summed E-state index contributed by atoms with van der Waals surface area (Å²) in [6, 6.07) is 8.23. The summed E-state index contributed by atoms with van der Waals surface area (Å²) in [7, 11) is 0. The van der Waals surface area contributed by atoms with E-state index >= 15 is 0 Å². The van der Waals surface area contributed by atoms with Crippen LogP contribution in [0.25, 0.3) is 0 Å². The molecule has 0 saturated carbocycles. The van der Waals surface area contributed by atoms with Crippen molar-refractivity contribution >= 4 is 0 Å². The van der Waals surface area contributed by atoms with Gasteiger partial charge in [-0.15, -0.1) is 0 Å². The van der Waals surface area contributed by atoms with Gasteiger partial charge in [0.15, 0.2) is 0 Å². The maximum Gasteiger partial charge on any atom is 0.119 e. The second kappa shape index (κ2) is 9.06. The fourth-order valence-electron chi connectivity index (χ4n) is 2.55. The summed E-state index contributed by atoms with van der Waals surface area (Å²) < 4.78 is 17.5. The molecule has 118 valence electrons. The number of benzene rings is 1. The molecule has 0 N–H and O–H groups in total. The van der Waals surface area contributed by atoms with Crippen molar-refractivity contribution in [3.8, 4) is 5.75 Å². The molecule has 0 aromatic heterocycles. The van der Waals surface area contributed by atoms with E-state index in [1.165, 1.54) is 18.4 Å². The molecule has 2 atom stereocenters. The SMILES string of the molecule is CCCCCOc1ccc(C2COC(CCC)CO2)cc1. The molecule has 0 bridgehead atoms. The predicted molar refractivity (Wildman–Crippen MR) is 84.8 cm³/mol. The average Bonchev–Trinajstić information content (AvgIpc) is 2.53. The minimum atomic E-state index is 0.0623. The van der Waals surface area contributed by atoms with Crippen LogP contribution in [0.15, 0.2) is 24.3 Å². The van der Waals surface area contributed by atoms with Gasteiger partial charge < -0.3 is 14.2 Å². The minimum absolute atomic E-state index is 0.0623. The van der Waals surface area contributed by atoms with Crippen molar-refractivity contribution in [2.24, 2.45) is 0 Å². The maximum absolute atomic E-state index is 5.92. The molecule has 2 rings (SSSR count). The first-order chi connectivity index (χ1) is 10.3. The van der Waals surface area contributed by atoms with Crippen LogP contribution in [-0.2, 0) is 9.47 Å². The molecule has 1 saturated heterocycles. The predicted octanol–water partition coefficient (Wildman–Crippen LogP) is 4.51. The van der Waals surface area contributed by atoms with Crippen LogP contribution in [-0.4, -0.2) is 25.9 Å². The first-order valence-corrected chi connectivity index (χ1v) is 8.29. The monoisotopic (exact) mass is 292 g/mol. The Balaban J connectivity index is 1.77. The molecule has 1 aliphatic rings. The van der Waals surface area contributed by atoms with Crippen molar-refractivity contribution < 1.29 is 14.2 Å². The topological polar surface area (TPSA) is 27.7 Å². The van der Waals surface area contributed by atoms with Gasteiger partial charge in [-0.25, -0.2) is 0 Å². The Hall–Kier alpha value is -1.06. The Morgan fingerprint density at radius 2 is 1.81 bits per heavy atom. The van der Waals surface area contributed by atoms with Crippen LogP contribution in [0, 0.1) is 0 Å². The Morgan fingerprint density at radius 1 is 1.00 bits per heavy atom. The van der Waals surface area contributed by atoms with Crippen molar-refractivity contribution in [3.05, 3.63) is 29.8 Å². The van der Waals surface area contributed by atoms with Gasteiger partial charge >= 0.3 is 0 Å².